The molecule has 0 heterocycles. The predicted octanol–water partition coefficient (Wildman–Crippen LogP) is 5.30. The number of allylic oxidation sites excluding steroid dienone is 1. The first kappa shape index (κ1) is 19.5. The summed E-state index contributed by atoms with van der Waals surface area (Å²) in [5.41, 5.74) is 2.02. The van der Waals surface area contributed by atoms with E-state index in [1.807, 2.05) is 24.3 Å². The first-order valence-corrected chi connectivity index (χ1v) is 11.8. The summed E-state index contributed by atoms with van der Waals surface area (Å²) >= 11 is 0. The molecule has 0 aliphatic heterocycles. The van der Waals surface area contributed by atoms with Crippen LogP contribution in [0.2, 0.25) is 0 Å². The zero-order chi connectivity index (χ0) is 21.4. The van der Waals surface area contributed by atoms with Crippen molar-refractivity contribution in [2.75, 3.05) is 5.75 Å². The Kier molecular flexibility index (Phi) is 4.83. The number of hydrogen-bond donors (Lipinski definition) is 0. The average molecular weight is 429 g/mol. The molecule has 4 aromatic rings. The highest BCUT2D eigenvalue weighted by atomic mass is 32.2. The zero-order valence-corrected chi connectivity index (χ0v) is 17.6. The minimum absolute atomic E-state index is 0.192. The quantitative estimate of drug-likeness (QED) is 0.320. The fraction of sp³-hybridized carbons (Fsp3) is 0.115. The molecule has 154 valence electrons. The molecule has 0 N–H and O–H groups in total. The van der Waals surface area contributed by atoms with Gasteiger partial charge in [0.2, 0.25) is 0 Å². The van der Waals surface area contributed by atoms with Gasteiger partial charge in [-0.05, 0) is 51.7 Å². The first-order chi connectivity index (χ1) is 15.0. The maximum atomic E-state index is 12.4. The summed E-state index contributed by atoms with van der Waals surface area (Å²) in [6.45, 7) is 0. The van der Waals surface area contributed by atoms with Gasteiger partial charge in [0.1, 0.15) is 5.76 Å². The zero-order valence-electron chi connectivity index (χ0n) is 16.7. The van der Waals surface area contributed by atoms with Crippen molar-refractivity contribution < 1.29 is 17.9 Å². The van der Waals surface area contributed by atoms with E-state index in [1.165, 1.54) is 28.3 Å². The van der Waals surface area contributed by atoms with Gasteiger partial charge >= 0.3 is 5.97 Å². The maximum absolute atomic E-state index is 12.4. The summed E-state index contributed by atoms with van der Waals surface area (Å²) in [7, 11) is -3.52. The molecular formula is C26H20O4S. The second-order valence-corrected chi connectivity index (χ2v) is 9.71. The van der Waals surface area contributed by atoms with Crippen LogP contribution in [-0.2, 0) is 25.8 Å². The molecule has 5 rings (SSSR count). The Bertz CT molecular complexity index is 1450. The number of rotatable bonds is 5. The molecule has 0 bridgehead atoms. The Hall–Kier alpha value is -3.44. The summed E-state index contributed by atoms with van der Waals surface area (Å²) in [6.07, 6.45) is 2.38. The van der Waals surface area contributed by atoms with Gasteiger partial charge in [0.05, 0.1) is 17.1 Å². The molecule has 5 heteroatoms. The highest BCUT2D eigenvalue weighted by Crippen LogP contribution is 2.36. The molecule has 0 saturated heterocycles. The molecular weight excluding hydrogens is 408 g/mol. The number of ether oxygens (including phenoxy) is 1. The third-order valence-corrected chi connectivity index (χ3v) is 7.43. The van der Waals surface area contributed by atoms with Crippen LogP contribution in [0, 0.1) is 0 Å². The van der Waals surface area contributed by atoms with Gasteiger partial charge in [-0.3, -0.25) is 4.79 Å². The van der Waals surface area contributed by atoms with Gasteiger partial charge in [-0.2, -0.15) is 0 Å². The normalized spacial score (nSPS) is 13.2. The number of fused-ring (bicyclic) bond motifs is 5. The van der Waals surface area contributed by atoms with Crippen LogP contribution in [0.5, 0.6) is 0 Å². The fourth-order valence-corrected chi connectivity index (χ4v) is 5.38. The van der Waals surface area contributed by atoms with Crippen molar-refractivity contribution in [3.8, 4) is 0 Å². The average Bonchev–Trinajstić information content (AvgIpc) is 3.21. The number of carbonyl (C=O) groups excluding carboxylic acids is 1. The molecule has 0 aromatic heterocycles. The minimum Gasteiger partial charge on any atom is -0.426 e. The molecule has 1 aliphatic carbocycles. The largest absolute Gasteiger partial charge is 0.426 e. The van der Waals surface area contributed by atoms with Gasteiger partial charge < -0.3 is 4.74 Å². The summed E-state index contributed by atoms with van der Waals surface area (Å²) in [6, 6.07) is 24.7. The van der Waals surface area contributed by atoms with Crippen molar-refractivity contribution in [1.29, 1.82) is 0 Å². The molecule has 4 aromatic carbocycles. The van der Waals surface area contributed by atoms with Crippen molar-refractivity contribution in [3.05, 3.63) is 96.1 Å². The summed E-state index contributed by atoms with van der Waals surface area (Å²) in [5, 5.41) is 4.70. The first-order valence-electron chi connectivity index (χ1n) is 10.2. The van der Waals surface area contributed by atoms with E-state index < -0.39 is 15.8 Å². The lowest BCUT2D eigenvalue weighted by Crippen LogP contribution is -2.13. The highest BCUT2D eigenvalue weighted by molar-refractivity contribution is 7.91. The van der Waals surface area contributed by atoms with Crippen LogP contribution >= 0.6 is 0 Å². The molecule has 0 amide bonds. The number of carbonyl (C=O) groups is 1. The second kappa shape index (κ2) is 7.67. The number of hydrogen-bond acceptors (Lipinski definition) is 4. The molecule has 1 aliphatic rings. The second-order valence-electron chi connectivity index (χ2n) is 7.60. The lowest BCUT2D eigenvalue weighted by molar-refractivity contribution is -0.136. The molecule has 0 unspecified atom stereocenters. The summed E-state index contributed by atoms with van der Waals surface area (Å²) in [4.78, 5) is 12.6. The predicted molar refractivity (Wildman–Crippen MR) is 122 cm³/mol. The van der Waals surface area contributed by atoms with E-state index in [1.54, 1.807) is 18.2 Å². The molecule has 0 saturated carbocycles. The standard InChI is InChI=1S/C26H20O4S/c27-26(16-17-31(28,29)19-7-2-1-3-8-19)30-25-15-14-23-22-11-10-18-6-4-5-9-20(18)21(22)12-13-24(23)25/h1-13,15H,14,16-17H2. The van der Waals surface area contributed by atoms with Crippen molar-refractivity contribution in [1.82, 2.24) is 0 Å². The van der Waals surface area contributed by atoms with Gasteiger partial charge in [-0.25, -0.2) is 8.42 Å². The third-order valence-electron chi connectivity index (χ3n) is 5.70. The van der Waals surface area contributed by atoms with Crippen LogP contribution in [0.4, 0.5) is 0 Å². The molecule has 0 fully saturated rings. The topological polar surface area (TPSA) is 60.4 Å². The Morgan fingerprint density at radius 2 is 1.55 bits per heavy atom. The van der Waals surface area contributed by atoms with Crippen LogP contribution < -0.4 is 0 Å². The van der Waals surface area contributed by atoms with Gasteiger partial charge in [0.25, 0.3) is 0 Å². The van der Waals surface area contributed by atoms with Gasteiger partial charge in [-0.15, -0.1) is 0 Å². The minimum atomic E-state index is -3.52. The fourth-order valence-electron chi connectivity index (χ4n) is 4.14. The number of sulfone groups is 1. The van der Waals surface area contributed by atoms with Crippen molar-refractivity contribution in [2.45, 2.75) is 17.7 Å². The van der Waals surface area contributed by atoms with Crippen LogP contribution in [0.3, 0.4) is 0 Å². The lowest BCUT2D eigenvalue weighted by Gasteiger charge is -2.11. The lowest BCUT2D eigenvalue weighted by atomic mass is 9.96. The van der Waals surface area contributed by atoms with E-state index in [-0.39, 0.29) is 17.1 Å². The highest BCUT2D eigenvalue weighted by Gasteiger charge is 2.22. The smallest absolute Gasteiger partial charge is 0.312 e. The van der Waals surface area contributed by atoms with E-state index in [4.69, 9.17) is 4.74 Å². The van der Waals surface area contributed by atoms with Crippen molar-refractivity contribution >= 4 is 43.1 Å². The van der Waals surface area contributed by atoms with Gasteiger partial charge in [-0.1, -0.05) is 66.7 Å². The number of esters is 1. The molecule has 0 spiro atoms. The van der Waals surface area contributed by atoms with Crippen LogP contribution in [0.1, 0.15) is 17.5 Å². The Morgan fingerprint density at radius 3 is 2.39 bits per heavy atom. The molecule has 0 radical (unpaired) electrons. The molecule has 31 heavy (non-hydrogen) atoms. The molecule has 0 atom stereocenters. The SMILES string of the molecule is O=C(CCS(=O)(=O)c1ccccc1)OC1=CCc2c1ccc1c2ccc2ccccc21. The van der Waals surface area contributed by atoms with E-state index in [0.29, 0.717) is 12.2 Å². The third kappa shape index (κ3) is 3.62. The van der Waals surface area contributed by atoms with Gasteiger partial charge in [0.15, 0.2) is 9.84 Å². The Labute approximate surface area is 180 Å². The van der Waals surface area contributed by atoms with E-state index in [0.717, 1.165) is 16.5 Å². The van der Waals surface area contributed by atoms with Gasteiger partial charge in [0, 0.05) is 5.56 Å². The summed E-state index contributed by atoms with van der Waals surface area (Å²) in [5.74, 6) is -0.316. The van der Waals surface area contributed by atoms with E-state index in [9.17, 15) is 13.2 Å². The maximum Gasteiger partial charge on any atom is 0.312 e. The van der Waals surface area contributed by atoms with Crippen LogP contribution in [0.15, 0.2) is 89.8 Å². The Balaban J connectivity index is 1.35. The summed E-state index contributed by atoms with van der Waals surface area (Å²) < 4.78 is 30.4. The van der Waals surface area contributed by atoms with Crippen LogP contribution in [0.25, 0.3) is 27.3 Å². The Morgan fingerprint density at radius 1 is 0.806 bits per heavy atom. The van der Waals surface area contributed by atoms with E-state index >= 15 is 0 Å². The monoisotopic (exact) mass is 428 g/mol. The van der Waals surface area contributed by atoms with Crippen molar-refractivity contribution in [3.63, 3.8) is 0 Å². The van der Waals surface area contributed by atoms with Crippen molar-refractivity contribution in [2.24, 2.45) is 0 Å². The van der Waals surface area contributed by atoms with Crippen LogP contribution in [-0.4, -0.2) is 20.1 Å². The number of benzene rings is 4. The van der Waals surface area contributed by atoms with E-state index in [2.05, 4.69) is 30.3 Å². The molecule has 4 nitrogen and oxygen atoms in total.